The van der Waals surface area contributed by atoms with Crippen molar-refractivity contribution in [1.29, 1.82) is 0 Å². The summed E-state index contributed by atoms with van der Waals surface area (Å²) < 4.78 is 4.75. The predicted octanol–water partition coefficient (Wildman–Crippen LogP) is -0.427. The van der Waals surface area contributed by atoms with Crippen LogP contribution in [0.4, 0.5) is 10.7 Å². The van der Waals surface area contributed by atoms with Crippen molar-refractivity contribution in [2.45, 2.75) is 0 Å². The maximum atomic E-state index is 11.0. The van der Waals surface area contributed by atoms with Crippen molar-refractivity contribution >= 4 is 12.0 Å². The number of hydrogen-bond donors (Lipinski definition) is 3. The van der Waals surface area contributed by atoms with E-state index in [1.165, 1.54) is 6.33 Å². The highest BCUT2D eigenvalue weighted by atomic mass is 16.5. The summed E-state index contributed by atoms with van der Waals surface area (Å²) in [4.78, 5) is 14.7. The molecule has 0 aliphatic heterocycles. The minimum atomic E-state index is -0.339. The number of carbonyl (C=O) groups is 1. The van der Waals surface area contributed by atoms with E-state index in [1.807, 2.05) is 0 Å². The molecule has 0 atom stereocenters. The van der Waals surface area contributed by atoms with Crippen LogP contribution in [0.1, 0.15) is 0 Å². The molecule has 0 radical (unpaired) electrons. The second-order valence-electron chi connectivity index (χ2n) is 2.21. The Morgan fingerprint density at radius 2 is 2.62 bits per heavy atom. The number of ether oxygens (including phenoxy) is 1. The lowest BCUT2D eigenvalue weighted by molar-refractivity contribution is 0.198. The monoisotopic (exact) mass is 185 g/mol. The normalized spacial score (nSPS) is 9.62. The summed E-state index contributed by atoms with van der Waals surface area (Å²) in [6.45, 7) is 0.931. The molecule has 0 bridgehead atoms. The van der Waals surface area contributed by atoms with Crippen molar-refractivity contribution < 1.29 is 9.53 Å². The maximum absolute atomic E-state index is 11.0. The lowest BCUT2D eigenvalue weighted by Gasteiger charge is -2.03. The van der Waals surface area contributed by atoms with Gasteiger partial charge in [-0.2, -0.15) is 10.1 Å². The van der Waals surface area contributed by atoms with Crippen molar-refractivity contribution in [2.75, 3.05) is 25.6 Å². The summed E-state index contributed by atoms with van der Waals surface area (Å²) in [7, 11) is 1.57. The zero-order valence-electron chi connectivity index (χ0n) is 7.20. The van der Waals surface area contributed by atoms with Crippen LogP contribution in [0.5, 0.6) is 0 Å². The van der Waals surface area contributed by atoms with E-state index in [2.05, 4.69) is 25.8 Å². The first-order chi connectivity index (χ1) is 6.33. The van der Waals surface area contributed by atoms with E-state index in [-0.39, 0.29) is 6.03 Å². The summed E-state index contributed by atoms with van der Waals surface area (Å²) in [6, 6.07) is -0.339. The zero-order chi connectivity index (χ0) is 9.52. The van der Waals surface area contributed by atoms with Gasteiger partial charge in [-0.05, 0) is 0 Å². The van der Waals surface area contributed by atoms with Gasteiger partial charge in [0, 0.05) is 13.7 Å². The topological polar surface area (TPSA) is 91.9 Å². The number of methoxy groups -OCH3 is 1. The highest BCUT2D eigenvalue weighted by molar-refractivity contribution is 5.87. The van der Waals surface area contributed by atoms with Crippen molar-refractivity contribution in [3.63, 3.8) is 0 Å². The van der Waals surface area contributed by atoms with Gasteiger partial charge < -0.3 is 10.1 Å². The zero-order valence-corrected chi connectivity index (χ0v) is 7.20. The molecule has 1 rings (SSSR count). The Morgan fingerprint density at radius 1 is 1.77 bits per heavy atom. The molecule has 3 N–H and O–H groups in total. The van der Waals surface area contributed by atoms with Crippen molar-refractivity contribution in [3.8, 4) is 0 Å². The quantitative estimate of drug-likeness (QED) is 0.555. The van der Waals surface area contributed by atoms with Crippen LogP contribution < -0.4 is 10.6 Å². The highest BCUT2D eigenvalue weighted by Gasteiger charge is 2.01. The molecular weight excluding hydrogens is 174 g/mol. The maximum Gasteiger partial charge on any atom is 0.321 e. The number of aromatic amines is 1. The molecule has 0 saturated heterocycles. The van der Waals surface area contributed by atoms with Crippen LogP contribution in [0.2, 0.25) is 0 Å². The minimum absolute atomic E-state index is 0.315. The lowest BCUT2D eigenvalue weighted by Crippen LogP contribution is -2.31. The average molecular weight is 185 g/mol. The second kappa shape index (κ2) is 5.09. The molecule has 72 valence electrons. The number of H-pyrrole nitrogens is 1. The fourth-order valence-electron chi connectivity index (χ4n) is 0.684. The summed E-state index contributed by atoms with van der Waals surface area (Å²) in [6.07, 6.45) is 1.31. The number of urea groups is 1. The van der Waals surface area contributed by atoms with Crippen LogP contribution in [-0.2, 0) is 4.74 Å². The van der Waals surface area contributed by atoms with Gasteiger partial charge in [-0.1, -0.05) is 0 Å². The molecule has 1 aromatic heterocycles. The van der Waals surface area contributed by atoms with Crippen LogP contribution >= 0.6 is 0 Å². The van der Waals surface area contributed by atoms with E-state index in [9.17, 15) is 4.79 Å². The molecule has 13 heavy (non-hydrogen) atoms. The Kier molecular flexibility index (Phi) is 3.71. The Hall–Kier alpha value is -1.63. The first kappa shape index (κ1) is 9.46. The molecule has 0 spiro atoms. The Balaban J connectivity index is 2.18. The highest BCUT2D eigenvalue weighted by Crippen LogP contribution is 1.90. The molecule has 7 heteroatoms. The van der Waals surface area contributed by atoms with E-state index < -0.39 is 0 Å². The van der Waals surface area contributed by atoms with E-state index in [1.54, 1.807) is 7.11 Å². The number of carbonyl (C=O) groups excluding carboxylic acids is 1. The van der Waals surface area contributed by atoms with E-state index >= 15 is 0 Å². The van der Waals surface area contributed by atoms with Crippen LogP contribution in [0, 0.1) is 0 Å². The van der Waals surface area contributed by atoms with E-state index in [0.717, 1.165) is 0 Å². The van der Waals surface area contributed by atoms with Gasteiger partial charge in [0.2, 0.25) is 5.95 Å². The Bertz CT molecular complexity index is 248. The van der Waals surface area contributed by atoms with Crippen LogP contribution in [0.15, 0.2) is 6.33 Å². The molecule has 0 saturated carbocycles. The Labute approximate surface area is 74.9 Å². The second-order valence-corrected chi connectivity index (χ2v) is 2.21. The van der Waals surface area contributed by atoms with E-state index in [4.69, 9.17) is 4.74 Å². The molecule has 1 aromatic rings. The molecule has 1 heterocycles. The van der Waals surface area contributed by atoms with E-state index in [0.29, 0.717) is 19.1 Å². The summed E-state index contributed by atoms with van der Waals surface area (Å²) >= 11 is 0. The number of amides is 2. The summed E-state index contributed by atoms with van der Waals surface area (Å²) in [5.41, 5.74) is 0. The van der Waals surface area contributed by atoms with Crippen LogP contribution in [0.3, 0.4) is 0 Å². The number of hydrogen-bond acceptors (Lipinski definition) is 4. The van der Waals surface area contributed by atoms with Gasteiger partial charge in [0.05, 0.1) is 6.61 Å². The smallest absolute Gasteiger partial charge is 0.321 e. The van der Waals surface area contributed by atoms with Gasteiger partial charge in [-0.15, -0.1) is 0 Å². The van der Waals surface area contributed by atoms with Gasteiger partial charge in [0.1, 0.15) is 6.33 Å². The largest absolute Gasteiger partial charge is 0.383 e. The van der Waals surface area contributed by atoms with Gasteiger partial charge >= 0.3 is 6.03 Å². The molecule has 0 aromatic carbocycles. The van der Waals surface area contributed by atoms with Crippen molar-refractivity contribution in [1.82, 2.24) is 20.5 Å². The van der Waals surface area contributed by atoms with Gasteiger partial charge in [0.15, 0.2) is 0 Å². The number of rotatable bonds is 4. The van der Waals surface area contributed by atoms with Gasteiger partial charge in [-0.3, -0.25) is 5.32 Å². The molecule has 0 unspecified atom stereocenters. The molecule has 0 aliphatic rings. The number of aromatic nitrogens is 3. The number of anilines is 1. The molecule has 7 nitrogen and oxygen atoms in total. The van der Waals surface area contributed by atoms with Crippen molar-refractivity contribution in [2.24, 2.45) is 0 Å². The van der Waals surface area contributed by atoms with Crippen molar-refractivity contribution in [3.05, 3.63) is 6.33 Å². The lowest BCUT2D eigenvalue weighted by atomic mass is 10.7. The standard InChI is InChI=1S/C6H11N5O2/c1-13-3-2-7-6(12)10-5-8-4-9-11-5/h4H,2-3H2,1H3,(H3,7,8,9,10,11,12). The van der Waals surface area contributed by atoms with Gasteiger partial charge in [-0.25, -0.2) is 9.89 Å². The molecule has 0 fully saturated rings. The first-order valence-corrected chi connectivity index (χ1v) is 3.72. The van der Waals surface area contributed by atoms with Gasteiger partial charge in [0.25, 0.3) is 0 Å². The molecule has 2 amide bonds. The number of nitrogens with zero attached hydrogens (tertiary/aromatic N) is 2. The Morgan fingerprint density at radius 3 is 3.23 bits per heavy atom. The van der Waals surface area contributed by atoms with Crippen LogP contribution in [-0.4, -0.2) is 41.5 Å². The minimum Gasteiger partial charge on any atom is -0.383 e. The first-order valence-electron chi connectivity index (χ1n) is 3.72. The SMILES string of the molecule is COCCNC(=O)Nc1ncn[nH]1. The fourth-order valence-corrected chi connectivity index (χ4v) is 0.684. The third kappa shape index (κ3) is 3.52. The molecular formula is C6H11N5O2. The third-order valence-electron chi connectivity index (χ3n) is 1.24. The predicted molar refractivity (Wildman–Crippen MR) is 45.3 cm³/mol. The average Bonchev–Trinajstić information content (AvgIpc) is 2.57. The number of nitrogens with one attached hydrogen (secondary N) is 3. The molecule has 0 aliphatic carbocycles. The third-order valence-corrected chi connectivity index (χ3v) is 1.24. The summed E-state index contributed by atoms with van der Waals surface area (Å²) in [5, 5.41) is 11.1. The summed E-state index contributed by atoms with van der Waals surface area (Å²) in [5.74, 6) is 0.315. The van der Waals surface area contributed by atoms with Crippen LogP contribution in [0.25, 0.3) is 0 Å². The fraction of sp³-hybridized carbons (Fsp3) is 0.500.